The van der Waals surface area contributed by atoms with E-state index < -0.39 is 59.7 Å². The lowest BCUT2D eigenvalue weighted by molar-refractivity contribution is -0.128. The van der Waals surface area contributed by atoms with Crippen LogP contribution < -0.4 is 16.0 Å². The third-order valence-corrected chi connectivity index (χ3v) is 9.14. The van der Waals surface area contributed by atoms with E-state index in [2.05, 4.69) is 25.9 Å². The summed E-state index contributed by atoms with van der Waals surface area (Å²) < 4.78 is 4.79. The van der Waals surface area contributed by atoms with E-state index in [-0.39, 0.29) is 19.3 Å². The van der Waals surface area contributed by atoms with Gasteiger partial charge in [-0.25, -0.2) is 9.59 Å². The Labute approximate surface area is 316 Å². The predicted octanol–water partition coefficient (Wildman–Crippen LogP) is 4.64. The summed E-state index contributed by atoms with van der Waals surface area (Å²) in [5.74, 6) is -1.08. The Bertz CT molecular complexity index is 1800. The van der Waals surface area contributed by atoms with Gasteiger partial charge in [-0.2, -0.15) is 0 Å². The van der Waals surface area contributed by atoms with Gasteiger partial charge in [0.1, 0.15) is 12.1 Å². The van der Waals surface area contributed by atoms with Crippen molar-refractivity contribution in [3.8, 4) is 11.3 Å². The molecule has 4 amide bonds. The Morgan fingerprint density at radius 1 is 0.759 bits per heavy atom. The first kappa shape index (κ1) is 40.9. The average molecular weight is 739 g/mol. The fourth-order valence-electron chi connectivity index (χ4n) is 6.10. The maximum absolute atomic E-state index is 14.0. The van der Waals surface area contributed by atoms with Crippen molar-refractivity contribution in [2.24, 2.45) is 5.41 Å². The van der Waals surface area contributed by atoms with Gasteiger partial charge in [0, 0.05) is 43.2 Å². The van der Waals surface area contributed by atoms with Crippen molar-refractivity contribution in [2.75, 3.05) is 14.2 Å². The van der Waals surface area contributed by atoms with Gasteiger partial charge in [-0.05, 0) is 60.1 Å². The number of likely N-dealkylation sites (N-methyl/N-ethyl adjacent to an activating group) is 1. The van der Waals surface area contributed by atoms with Gasteiger partial charge in [-0.3, -0.25) is 24.5 Å². The molecule has 0 aliphatic heterocycles. The number of ether oxygens (including phenoxy) is 1. The zero-order valence-electron chi connectivity index (χ0n) is 31.3. The number of methoxy groups -OCH3 is 1. The number of amides is 4. The Kier molecular flexibility index (Phi) is 14.6. The minimum atomic E-state index is -1.29. The lowest BCUT2D eigenvalue weighted by atomic mass is 9.85. The SMILES string of the molecule is COC(=O)N[C@H](C(=O)N[C@@H](Cc1ccc(-c2ccccn2)cc1)C[C@H](O)[C@H](Cc1ccccc1)NC(=O)[C@H](Cc1ccccn1)N(C)C(=O)O)C(C)(C)C. The summed E-state index contributed by atoms with van der Waals surface area (Å²) in [6.45, 7) is 5.44. The van der Waals surface area contributed by atoms with Crippen LogP contribution >= 0.6 is 0 Å². The summed E-state index contributed by atoms with van der Waals surface area (Å²) in [4.78, 5) is 61.8. The molecule has 4 aromatic rings. The number of pyridine rings is 2. The van der Waals surface area contributed by atoms with Crippen LogP contribution in [0.4, 0.5) is 9.59 Å². The maximum atomic E-state index is 14.0. The first-order chi connectivity index (χ1) is 25.7. The summed E-state index contributed by atoms with van der Waals surface area (Å²) in [6.07, 6.45) is 0.554. The monoisotopic (exact) mass is 738 g/mol. The number of hydrogen-bond acceptors (Lipinski definition) is 8. The molecule has 0 radical (unpaired) electrons. The molecule has 0 aliphatic rings. The number of carbonyl (C=O) groups is 4. The molecule has 0 bridgehead atoms. The zero-order chi connectivity index (χ0) is 39.3. The summed E-state index contributed by atoms with van der Waals surface area (Å²) in [7, 11) is 2.54. The quantitative estimate of drug-likeness (QED) is 0.109. The third kappa shape index (κ3) is 12.1. The summed E-state index contributed by atoms with van der Waals surface area (Å²) in [6, 6.07) is 24.2. The van der Waals surface area contributed by atoms with Crippen molar-refractivity contribution in [1.82, 2.24) is 30.8 Å². The number of rotatable bonds is 16. The minimum Gasteiger partial charge on any atom is -0.465 e. The van der Waals surface area contributed by atoms with Gasteiger partial charge in [0.25, 0.3) is 0 Å². The van der Waals surface area contributed by atoms with Crippen molar-refractivity contribution in [2.45, 2.75) is 76.7 Å². The maximum Gasteiger partial charge on any atom is 0.407 e. The van der Waals surface area contributed by atoms with Crippen molar-refractivity contribution in [1.29, 1.82) is 0 Å². The average Bonchev–Trinajstić information content (AvgIpc) is 3.16. The molecular weight excluding hydrogens is 688 g/mol. The Morgan fingerprint density at radius 3 is 1.96 bits per heavy atom. The topological polar surface area (TPSA) is 183 Å². The van der Waals surface area contributed by atoms with E-state index in [9.17, 15) is 29.4 Å². The minimum absolute atomic E-state index is 0.000275. The highest BCUT2D eigenvalue weighted by molar-refractivity contribution is 5.87. The molecule has 5 N–H and O–H groups in total. The van der Waals surface area contributed by atoms with Gasteiger partial charge < -0.3 is 30.9 Å². The van der Waals surface area contributed by atoms with E-state index >= 15 is 0 Å². The van der Waals surface area contributed by atoms with Crippen LogP contribution in [0.3, 0.4) is 0 Å². The molecule has 4 rings (SSSR count). The second-order valence-corrected chi connectivity index (χ2v) is 14.3. The third-order valence-electron chi connectivity index (χ3n) is 9.14. The highest BCUT2D eigenvalue weighted by atomic mass is 16.5. The van der Waals surface area contributed by atoms with Crippen LogP contribution in [0.25, 0.3) is 11.3 Å². The van der Waals surface area contributed by atoms with E-state index in [0.29, 0.717) is 12.1 Å². The molecule has 2 heterocycles. The normalized spacial score (nSPS) is 14.0. The largest absolute Gasteiger partial charge is 0.465 e. The number of aliphatic hydroxyl groups excluding tert-OH is 1. The molecule has 0 saturated carbocycles. The predicted molar refractivity (Wildman–Crippen MR) is 204 cm³/mol. The molecule has 0 saturated heterocycles. The molecule has 5 atom stereocenters. The van der Waals surface area contributed by atoms with Crippen LogP contribution in [0.5, 0.6) is 0 Å². The molecule has 2 aromatic heterocycles. The van der Waals surface area contributed by atoms with Crippen LogP contribution in [0, 0.1) is 5.41 Å². The van der Waals surface area contributed by atoms with Crippen LogP contribution in [0.15, 0.2) is 103 Å². The molecule has 13 heteroatoms. The number of nitrogens with zero attached hydrogens (tertiary/aromatic N) is 3. The van der Waals surface area contributed by atoms with Gasteiger partial charge >= 0.3 is 12.2 Å². The number of carbonyl (C=O) groups excluding carboxylic acids is 3. The van der Waals surface area contributed by atoms with Gasteiger partial charge in [0.15, 0.2) is 0 Å². The molecule has 54 heavy (non-hydrogen) atoms. The van der Waals surface area contributed by atoms with Crippen molar-refractivity contribution in [3.05, 3.63) is 120 Å². The van der Waals surface area contributed by atoms with Gasteiger partial charge in [0.05, 0.1) is 24.9 Å². The van der Waals surface area contributed by atoms with Crippen molar-refractivity contribution in [3.63, 3.8) is 0 Å². The van der Waals surface area contributed by atoms with Crippen molar-refractivity contribution >= 4 is 24.0 Å². The first-order valence-corrected chi connectivity index (χ1v) is 17.8. The molecule has 2 aromatic carbocycles. The Hall–Kier alpha value is -5.82. The van der Waals surface area contributed by atoms with Crippen LogP contribution in [0.1, 0.15) is 44.0 Å². The smallest absolute Gasteiger partial charge is 0.407 e. The number of nitrogens with one attached hydrogen (secondary N) is 3. The van der Waals surface area contributed by atoms with E-state index in [4.69, 9.17) is 4.74 Å². The molecule has 286 valence electrons. The number of aliphatic hydroxyl groups is 1. The number of aromatic nitrogens is 2. The molecule has 0 spiro atoms. The van der Waals surface area contributed by atoms with Crippen LogP contribution in [-0.4, -0.2) is 93.5 Å². The fraction of sp³-hybridized carbons (Fsp3) is 0.366. The van der Waals surface area contributed by atoms with E-state index in [1.54, 1.807) is 30.6 Å². The lowest BCUT2D eigenvalue weighted by Gasteiger charge is -2.34. The first-order valence-electron chi connectivity index (χ1n) is 17.8. The summed E-state index contributed by atoms with van der Waals surface area (Å²) in [5, 5.41) is 30.4. The Morgan fingerprint density at radius 2 is 1.39 bits per heavy atom. The number of benzene rings is 2. The van der Waals surface area contributed by atoms with Crippen LogP contribution in [-0.2, 0) is 33.6 Å². The summed E-state index contributed by atoms with van der Waals surface area (Å²) in [5.41, 5.74) is 3.23. The molecule has 0 unspecified atom stereocenters. The molecule has 13 nitrogen and oxygen atoms in total. The number of hydrogen-bond donors (Lipinski definition) is 5. The number of alkyl carbamates (subject to hydrolysis) is 1. The molecule has 0 fully saturated rings. The highest BCUT2D eigenvalue weighted by Gasteiger charge is 2.36. The van der Waals surface area contributed by atoms with E-state index in [1.807, 2.05) is 93.6 Å². The van der Waals surface area contributed by atoms with Gasteiger partial charge in [0.2, 0.25) is 11.8 Å². The molecule has 0 aliphatic carbocycles. The van der Waals surface area contributed by atoms with Crippen molar-refractivity contribution < 1.29 is 34.1 Å². The summed E-state index contributed by atoms with van der Waals surface area (Å²) >= 11 is 0. The molecular formula is C41H50N6O7. The second-order valence-electron chi connectivity index (χ2n) is 14.3. The fourth-order valence-corrected chi connectivity index (χ4v) is 6.10. The highest BCUT2D eigenvalue weighted by Crippen LogP contribution is 2.23. The Balaban J connectivity index is 1.64. The number of carboxylic acid groups (broad SMARTS) is 1. The van der Waals surface area contributed by atoms with E-state index in [0.717, 1.165) is 27.3 Å². The van der Waals surface area contributed by atoms with Crippen LogP contribution in [0.2, 0.25) is 0 Å². The van der Waals surface area contributed by atoms with Gasteiger partial charge in [-0.1, -0.05) is 87.5 Å². The zero-order valence-corrected chi connectivity index (χ0v) is 31.3. The standard InChI is InChI=1S/C41H50N6O7/c1-41(2,3)36(46-39(51)54-5)38(50)44-31(23-28-17-19-29(20-18-28)32-16-10-12-22-43-32)26-35(48)33(24-27-13-7-6-8-14-27)45-37(49)34(47(4)40(52)53)25-30-15-9-11-21-42-30/h6-22,31,33-36,48H,23-26H2,1-5H3,(H,44,50)(H,45,49)(H,46,51)(H,52,53)/t31-,33-,34-,35-,36+/m0/s1. The second kappa shape index (κ2) is 19.3. The van der Waals surface area contributed by atoms with E-state index in [1.165, 1.54) is 14.2 Å². The lowest BCUT2D eigenvalue weighted by Crippen LogP contribution is -2.57. The van der Waals surface area contributed by atoms with Gasteiger partial charge in [-0.15, -0.1) is 0 Å².